The highest BCUT2D eigenvalue weighted by Gasteiger charge is 2.14. The van der Waals surface area contributed by atoms with Gasteiger partial charge in [-0.15, -0.1) is 0 Å². The molecule has 0 fully saturated rings. The minimum atomic E-state index is -0.559. The van der Waals surface area contributed by atoms with Gasteiger partial charge in [-0.1, -0.05) is 42.5 Å². The van der Waals surface area contributed by atoms with Crippen LogP contribution in [0.4, 0.5) is 4.39 Å². The van der Waals surface area contributed by atoms with Crippen LogP contribution < -0.4 is 0 Å². The molecule has 2 aromatic carbocycles. The molecule has 130 valence electrons. The van der Waals surface area contributed by atoms with Gasteiger partial charge in [-0.25, -0.2) is 4.39 Å². The quantitative estimate of drug-likeness (QED) is 0.762. The molecule has 1 N–H and O–H groups in total. The number of benzene rings is 2. The lowest BCUT2D eigenvalue weighted by molar-refractivity contribution is -0.0106. The molecule has 0 aromatic heterocycles. The van der Waals surface area contributed by atoms with Crippen molar-refractivity contribution in [3.05, 3.63) is 71.5 Å². The summed E-state index contributed by atoms with van der Waals surface area (Å²) >= 11 is 0. The molecule has 0 saturated carbocycles. The molecule has 0 saturated heterocycles. The van der Waals surface area contributed by atoms with Crippen LogP contribution in [0.1, 0.15) is 25.0 Å². The summed E-state index contributed by atoms with van der Waals surface area (Å²) < 4.78 is 18.6. The van der Waals surface area contributed by atoms with Crippen LogP contribution in [-0.2, 0) is 17.8 Å². The predicted octanol–water partition coefficient (Wildman–Crippen LogP) is 3.61. The van der Waals surface area contributed by atoms with Crippen LogP contribution in [0.25, 0.3) is 0 Å². The molecule has 2 aromatic rings. The fourth-order valence-electron chi connectivity index (χ4n) is 2.53. The standard InChI is InChI=1S/C20H26FNO2/c1-16(2)24-15-20(23)14-22(12-17-6-4-3-5-7-17)13-18-8-10-19(21)11-9-18/h3-11,16,20,23H,12-15H2,1-2H3/t20-/m0/s1. The number of hydrogen-bond acceptors (Lipinski definition) is 3. The van der Waals surface area contributed by atoms with Gasteiger partial charge in [0.1, 0.15) is 5.82 Å². The first-order chi connectivity index (χ1) is 11.5. The summed E-state index contributed by atoms with van der Waals surface area (Å²) in [7, 11) is 0. The molecule has 0 bridgehead atoms. The van der Waals surface area contributed by atoms with Gasteiger partial charge in [-0.2, -0.15) is 0 Å². The number of aliphatic hydroxyl groups is 1. The Labute approximate surface area is 143 Å². The third kappa shape index (κ3) is 6.79. The molecule has 0 spiro atoms. The normalized spacial score (nSPS) is 12.8. The summed E-state index contributed by atoms with van der Waals surface area (Å²) in [5.41, 5.74) is 2.20. The highest BCUT2D eigenvalue weighted by molar-refractivity contribution is 5.17. The fraction of sp³-hybridized carbons (Fsp3) is 0.400. The van der Waals surface area contributed by atoms with Crippen molar-refractivity contribution >= 4 is 0 Å². The zero-order chi connectivity index (χ0) is 17.4. The number of halogens is 1. The van der Waals surface area contributed by atoms with Crippen molar-refractivity contribution in [2.45, 2.75) is 39.1 Å². The molecule has 3 nitrogen and oxygen atoms in total. The minimum Gasteiger partial charge on any atom is -0.389 e. The molecule has 4 heteroatoms. The van der Waals surface area contributed by atoms with Crippen molar-refractivity contribution in [1.82, 2.24) is 4.90 Å². The van der Waals surface area contributed by atoms with Gasteiger partial charge >= 0.3 is 0 Å². The van der Waals surface area contributed by atoms with Crippen LogP contribution in [0, 0.1) is 5.82 Å². The number of hydrogen-bond donors (Lipinski definition) is 1. The smallest absolute Gasteiger partial charge is 0.123 e. The van der Waals surface area contributed by atoms with E-state index in [1.54, 1.807) is 12.1 Å². The van der Waals surface area contributed by atoms with Crippen molar-refractivity contribution in [2.24, 2.45) is 0 Å². The van der Waals surface area contributed by atoms with E-state index in [1.807, 2.05) is 32.0 Å². The first kappa shape index (κ1) is 18.6. The van der Waals surface area contributed by atoms with Gasteiger partial charge in [0.15, 0.2) is 0 Å². The van der Waals surface area contributed by atoms with Gasteiger partial charge in [-0.3, -0.25) is 4.90 Å². The van der Waals surface area contributed by atoms with Gasteiger partial charge in [-0.05, 0) is 37.1 Å². The van der Waals surface area contributed by atoms with E-state index in [0.717, 1.165) is 12.1 Å². The Morgan fingerprint density at radius 1 is 0.958 bits per heavy atom. The van der Waals surface area contributed by atoms with Crippen LogP contribution in [0.3, 0.4) is 0 Å². The van der Waals surface area contributed by atoms with Gasteiger partial charge < -0.3 is 9.84 Å². The molecule has 2 rings (SSSR count). The Kier molecular flexibility index (Phi) is 7.37. The summed E-state index contributed by atoms with van der Waals surface area (Å²) in [6.07, 6.45) is -0.462. The molecule has 0 aliphatic rings. The summed E-state index contributed by atoms with van der Waals surface area (Å²) in [4.78, 5) is 2.15. The van der Waals surface area contributed by atoms with Gasteiger partial charge in [0.05, 0.1) is 18.8 Å². The highest BCUT2D eigenvalue weighted by Crippen LogP contribution is 2.12. The van der Waals surface area contributed by atoms with Gasteiger partial charge in [0.25, 0.3) is 0 Å². The Morgan fingerprint density at radius 2 is 1.54 bits per heavy atom. The first-order valence-corrected chi connectivity index (χ1v) is 8.33. The summed E-state index contributed by atoms with van der Waals surface area (Å²) in [5, 5.41) is 10.2. The molecular weight excluding hydrogens is 305 g/mol. The minimum absolute atomic E-state index is 0.0966. The van der Waals surface area contributed by atoms with Crippen LogP contribution in [0.5, 0.6) is 0 Å². The summed E-state index contributed by atoms with van der Waals surface area (Å²) in [6, 6.07) is 16.6. The van der Waals surface area contributed by atoms with Gasteiger partial charge in [0, 0.05) is 19.6 Å². The monoisotopic (exact) mass is 331 g/mol. The molecule has 0 heterocycles. The van der Waals surface area contributed by atoms with Gasteiger partial charge in [0.2, 0.25) is 0 Å². The van der Waals surface area contributed by atoms with Crippen molar-refractivity contribution < 1.29 is 14.2 Å². The van der Waals surface area contributed by atoms with E-state index in [-0.39, 0.29) is 11.9 Å². The molecule has 24 heavy (non-hydrogen) atoms. The lowest BCUT2D eigenvalue weighted by Gasteiger charge is -2.26. The summed E-state index contributed by atoms with van der Waals surface area (Å²) in [6.45, 7) is 6.08. The van der Waals surface area contributed by atoms with E-state index in [9.17, 15) is 9.50 Å². The number of rotatable bonds is 9. The van der Waals surface area contributed by atoms with Crippen molar-refractivity contribution in [3.8, 4) is 0 Å². The third-order valence-electron chi connectivity index (χ3n) is 3.66. The van der Waals surface area contributed by atoms with Crippen LogP contribution >= 0.6 is 0 Å². The van der Waals surface area contributed by atoms with Crippen LogP contribution in [0.15, 0.2) is 54.6 Å². The number of nitrogens with zero attached hydrogens (tertiary/aromatic N) is 1. The zero-order valence-corrected chi connectivity index (χ0v) is 14.4. The molecule has 0 aliphatic carbocycles. The molecule has 0 radical (unpaired) electrons. The van der Waals surface area contributed by atoms with E-state index in [2.05, 4.69) is 17.0 Å². The summed E-state index contributed by atoms with van der Waals surface area (Å²) in [5.74, 6) is -0.237. The van der Waals surface area contributed by atoms with Crippen molar-refractivity contribution in [2.75, 3.05) is 13.2 Å². The zero-order valence-electron chi connectivity index (χ0n) is 14.4. The van der Waals surface area contributed by atoms with Crippen LogP contribution in [0.2, 0.25) is 0 Å². The van der Waals surface area contributed by atoms with Crippen LogP contribution in [-0.4, -0.2) is 35.4 Å². The fourth-order valence-corrected chi connectivity index (χ4v) is 2.53. The van der Waals surface area contributed by atoms with E-state index in [0.29, 0.717) is 19.7 Å². The predicted molar refractivity (Wildman–Crippen MR) is 94.1 cm³/mol. The first-order valence-electron chi connectivity index (χ1n) is 8.33. The van der Waals surface area contributed by atoms with E-state index in [4.69, 9.17) is 4.74 Å². The van der Waals surface area contributed by atoms with E-state index >= 15 is 0 Å². The molecule has 0 unspecified atom stereocenters. The third-order valence-corrected chi connectivity index (χ3v) is 3.66. The highest BCUT2D eigenvalue weighted by atomic mass is 19.1. The Bertz CT molecular complexity index is 586. The lowest BCUT2D eigenvalue weighted by Crippen LogP contribution is -2.34. The Balaban J connectivity index is 2.01. The number of aliphatic hydroxyl groups excluding tert-OH is 1. The topological polar surface area (TPSA) is 32.7 Å². The van der Waals surface area contributed by atoms with E-state index in [1.165, 1.54) is 17.7 Å². The van der Waals surface area contributed by atoms with Crippen molar-refractivity contribution in [1.29, 1.82) is 0 Å². The molecule has 0 aliphatic heterocycles. The Morgan fingerprint density at radius 3 is 2.12 bits per heavy atom. The SMILES string of the molecule is CC(C)OC[C@@H](O)CN(Cc1ccccc1)Cc1ccc(F)cc1. The molecule has 0 amide bonds. The van der Waals surface area contributed by atoms with E-state index < -0.39 is 6.10 Å². The average molecular weight is 331 g/mol. The largest absolute Gasteiger partial charge is 0.389 e. The van der Waals surface area contributed by atoms with Crippen molar-refractivity contribution in [3.63, 3.8) is 0 Å². The maximum absolute atomic E-state index is 13.1. The maximum Gasteiger partial charge on any atom is 0.123 e. The molecular formula is C20H26FNO2. The second-order valence-corrected chi connectivity index (χ2v) is 6.32. The maximum atomic E-state index is 13.1. The Hall–Kier alpha value is -1.75. The molecule has 1 atom stereocenters. The lowest BCUT2D eigenvalue weighted by atomic mass is 10.1. The number of ether oxygens (including phenoxy) is 1. The second kappa shape index (κ2) is 9.52. The average Bonchev–Trinajstić information content (AvgIpc) is 2.56. The second-order valence-electron chi connectivity index (χ2n) is 6.32.